The zero-order chi connectivity index (χ0) is 26.5. The van der Waals surface area contributed by atoms with Gasteiger partial charge < -0.3 is 19.3 Å². The summed E-state index contributed by atoms with van der Waals surface area (Å²) in [5.74, 6) is 2.18. The summed E-state index contributed by atoms with van der Waals surface area (Å²) in [5, 5.41) is 7.49. The fourth-order valence-corrected chi connectivity index (χ4v) is 4.45. The molecule has 4 aromatic rings. The highest BCUT2D eigenvalue weighted by Gasteiger charge is 2.27. The minimum absolute atomic E-state index is 0.0807. The van der Waals surface area contributed by atoms with Crippen LogP contribution in [0.25, 0.3) is 11.4 Å². The molecular formula is C28H26ClFN4O4. The third-order valence-corrected chi connectivity index (χ3v) is 6.61. The first-order chi connectivity index (χ1) is 18.5. The van der Waals surface area contributed by atoms with E-state index in [9.17, 15) is 9.18 Å². The van der Waals surface area contributed by atoms with Crippen LogP contribution in [0.4, 0.5) is 10.1 Å². The minimum atomic E-state index is -0.319. The maximum Gasteiger partial charge on any atom is 0.241 e. The van der Waals surface area contributed by atoms with Crippen LogP contribution in [0.5, 0.6) is 17.2 Å². The third kappa shape index (κ3) is 6.30. The number of benzene rings is 3. The Morgan fingerprint density at radius 1 is 1.08 bits per heavy atom. The van der Waals surface area contributed by atoms with Crippen LogP contribution in [0.2, 0.25) is 5.02 Å². The maximum absolute atomic E-state index is 13.2. The molecule has 5 rings (SSSR count). The van der Waals surface area contributed by atoms with E-state index in [0.717, 1.165) is 5.75 Å². The molecule has 1 aromatic heterocycles. The highest BCUT2D eigenvalue weighted by atomic mass is 35.5. The van der Waals surface area contributed by atoms with Crippen LogP contribution < -0.4 is 14.8 Å². The van der Waals surface area contributed by atoms with Crippen molar-refractivity contribution in [2.24, 2.45) is 5.92 Å². The molecule has 38 heavy (non-hydrogen) atoms. The van der Waals surface area contributed by atoms with Gasteiger partial charge in [0.2, 0.25) is 17.6 Å². The van der Waals surface area contributed by atoms with Crippen LogP contribution in [-0.2, 0) is 11.3 Å². The molecule has 1 amide bonds. The Balaban J connectivity index is 1.16. The predicted molar refractivity (Wildman–Crippen MR) is 141 cm³/mol. The summed E-state index contributed by atoms with van der Waals surface area (Å²) < 4.78 is 29.7. The molecule has 1 aliphatic heterocycles. The molecule has 8 nitrogen and oxygen atoms in total. The van der Waals surface area contributed by atoms with Crippen LogP contribution in [0, 0.1) is 11.7 Å². The molecule has 1 aliphatic rings. The predicted octanol–water partition coefficient (Wildman–Crippen LogP) is 6.18. The number of amides is 1. The Kier molecular flexibility index (Phi) is 7.86. The average molecular weight is 537 g/mol. The summed E-state index contributed by atoms with van der Waals surface area (Å²) in [6, 6.07) is 18.3. The van der Waals surface area contributed by atoms with Gasteiger partial charge >= 0.3 is 0 Å². The summed E-state index contributed by atoms with van der Waals surface area (Å²) in [7, 11) is 1.60. The van der Waals surface area contributed by atoms with Crippen molar-refractivity contribution in [1.82, 2.24) is 15.0 Å². The Labute approximate surface area is 224 Å². The van der Waals surface area contributed by atoms with E-state index in [1.165, 1.54) is 12.1 Å². The van der Waals surface area contributed by atoms with Gasteiger partial charge in [0.25, 0.3) is 0 Å². The Morgan fingerprint density at radius 2 is 1.79 bits per heavy atom. The van der Waals surface area contributed by atoms with Crippen molar-refractivity contribution in [3.63, 3.8) is 0 Å². The monoisotopic (exact) mass is 536 g/mol. The SMILES string of the molecule is COc1ccc(Oc2ccc(Cl)cc2NC(=O)C2CCN(Cc3nc(-c4ccc(F)cc4)no3)CC2)cc1. The first kappa shape index (κ1) is 25.7. The number of halogens is 2. The minimum Gasteiger partial charge on any atom is -0.497 e. The Hall–Kier alpha value is -3.95. The molecule has 1 saturated heterocycles. The highest BCUT2D eigenvalue weighted by molar-refractivity contribution is 6.31. The molecular weight excluding hydrogens is 511 g/mol. The quantitative estimate of drug-likeness (QED) is 0.287. The van der Waals surface area contributed by atoms with Gasteiger partial charge in [-0.05, 0) is 92.7 Å². The summed E-state index contributed by atoms with van der Waals surface area (Å²) >= 11 is 6.21. The molecule has 0 saturated carbocycles. The normalized spacial score (nSPS) is 14.3. The first-order valence-corrected chi connectivity index (χ1v) is 12.6. The van der Waals surface area contributed by atoms with Gasteiger partial charge in [0.05, 0.1) is 19.3 Å². The molecule has 1 fully saturated rings. The third-order valence-electron chi connectivity index (χ3n) is 6.37. The molecule has 10 heteroatoms. The van der Waals surface area contributed by atoms with Crippen LogP contribution in [0.1, 0.15) is 18.7 Å². The number of hydrogen-bond acceptors (Lipinski definition) is 7. The van der Waals surface area contributed by atoms with Crippen molar-refractivity contribution in [3.05, 3.63) is 83.5 Å². The highest BCUT2D eigenvalue weighted by Crippen LogP contribution is 2.33. The molecule has 0 radical (unpaired) electrons. The van der Waals surface area contributed by atoms with Gasteiger partial charge in [0, 0.05) is 16.5 Å². The fourth-order valence-electron chi connectivity index (χ4n) is 4.27. The van der Waals surface area contributed by atoms with Crippen LogP contribution >= 0.6 is 11.6 Å². The molecule has 196 valence electrons. The largest absolute Gasteiger partial charge is 0.497 e. The number of nitrogens with one attached hydrogen (secondary N) is 1. The summed E-state index contributed by atoms with van der Waals surface area (Å²) in [6.45, 7) is 1.89. The number of nitrogens with zero attached hydrogens (tertiary/aromatic N) is 3. The van der Waals surface area contributed by atoms with Crippen molar-refractivity contribution in [1.29, 1.82) is 0 Å². The zero-order valence-electron chi connectivity index (χ0n) is 20.7. The smallest absolute Gasteiger partial charge is 0.241 e. The molecule has 0 bridgehead atoms. The number of carbonyl (C=O) groups excluding carboxylic acids is 1. The van der Waals surface area contributed by atoms with Crippen molar-refractivity contribution in [3.8, 4) is 28.6 Å². The van der Waals surface area contributed by atoms with Crippen molar-refractivity contribution < 1.29 is 23.2 Å². The lowest BCUT2D eigenvalue weighted by atomic mass is 9.96. The second kappa shape index (κ2) is 11.6. The van der Waals surface area contributed by atoms with E-state index in [0.29, 0.717) is 72.0 Å². The number of anilines is 1. The van der Waals surface area contributed by atoms with Gasteiger partial charge in [-0.25, -0.2) is 4.39 Å². The molecule has 0 atom stereocenters. The number of piperidine rings is 1. The summed E-state index contributed by atoms with van der Waals surface area (Å²) in [5.41, 5.74) is 1.20. The van der Waals surface area contributed by atoms with Gasteiger partial charge in [-0.1, -0.05) is 16.8 Å². The number of hydrogen-bond donors (Lipinski definition) is 1. The molecule has 0 unspecified atom stereocenters. The maximum atomic E-state index is 13.2. The van der Waals surface area contributed by atoms with E-state index < -0.39 is 0 Å². The van der Waals surface area contributed by atoms with Crippen LogP contribution in [0.3, 0.4) is 0 Å². The number of carbonyl (C=O) groups is 1. The topological polar surface area (TPSA) is 89.7 Å². The van der Waals surface area contributed by atoms with Gasteiger partial charge in [-0.3, -0.25) is 9.69 Å². The number of ether oxygens (including phenoxy) is 2. The number of aromatic nitrogens is 2. The summed E-state index contributed by atoms with van der Waals surface area (Å²) in [6.07, 6.45) is 1.36. The van der Waals surface area contributed by atoms with Crippen LogP contribution in [0.15, 0.2) is 71.3 Å². The van der Waals surface area contributed by atoms with E-state index >= 15 is 0 Å². The number of methoxy groups -OCH3 is 1. The number of rotatable bonds is 8. The van der Waals surface area contributed by atoms with Crippen LogP contribution in [-0.4, -0.2) is 41.1 Å². The second-order valence-corrected chi connectivity index (χ2v) is 9.41. The average Bonchev–Trinajstić information content (AvgIpc) is 3.40. The van der Waals surface area contributed by atoms with Gasteiger partial charge in [-0.2, -0.15) is 4.98 Å². The van der Waals surface area contributed by atoms with Gasteiger partial charge in [0.15, 0.2) is 5.75 Å². The lowest BCUT2D eigenvalue weighted by Gasteiger charge is -2.30. The Morgan fingerprint density at radius 3 is 2.50 bits per heavy atom. The molecule has 0 spiro atoms. The zero-order valence-corrected chi connectivity index (χ0v) is 21.5. The van der Waals surface area contributed by atoms with Crippen molar-refractivity contribution >= 4 is 23.2 Å². The van der Waals surface area contributed by atoms with E-state index in [1.807, 2.05) is 0 Å². The van der Waals surface area contributed by atoms with E-state index in [2.05, 4.69) is 20.4 Å². The standard InChI is InChI=1S/C28H26ClFN4O4/c1-36-22-7-9-23(10-8-22)37-25-11-4-20(29)16-24(25)31-28(35)19-12-14-34(15-13-19)17-26-32-27(33-38-26)18-2-5-21(30)6-3-18/h2-11,16,19H,12-15,17H2,1H3,(H,31,35). The van der Waals surface area contributed by atoms with E-state index in [1.54, 1.807) is 61.7 Å². The lowest BCUT2D eigenvalue weighted by molar-refractivity contribution is -0.121. The summed E-state index contributed by atoms with van der Waals surface area (Å²) in [4.78, 5) is 19.7. The lowest BCUT2D eigenvalue weighted by Crippen LogP contribution is -2.37. The van der Waals surface area contributed by atoms with Crippen molar-refractivity contribution in [2.45, 2.75) is 19.4 Å². The second-order valence-electron chi connectivity index (χ2n) is 8.98. The molecule has 1 N–H and O–H groups in total. The van der Waals surface area contributed by atoms with E-state index in [-0.39, 0.29) is 17.6 Å². The molecule has 0 aliphatic carbocycles. The van der Waals surface area contributed by atoms with Crippen molar-refractivity contribution in [2.75, 3.05) is 25.5 Å². The molecule has 3 aromatic carbocycles. The Bertz CT molecular complexity index is 1390. The van der Waals surface area contributed by atoms with E-state index in [4.69, 9.17) is 25.6 Å². The van der Waals surface area contributed by atoms with Gasteiger partial charge in [-0.15, -0.1) is 0 Å². The van der Waals surface area contributed by atoms with Gasteiger partial charge in [0.1, 0.15) is 17.3 Å². The number of likely N-dealkylation sites (tertiary alicyclic amines) is 1. The molecule has 2 heterocycles. The fraction of sp³-hybridized carbons (Fsp3) is 0.250. The first-order valence-electron chi connectivity index (χ1n) is 12.2.